The van der Waals surface area contributed by atoms with Crippen molar-refractivity contribution in [1.82, 2.24) is 4.98 Å². The molecule has 0 bridgehead atoms. The third-order valence-electron chi connectivity index (χ3n) is 3.42. The third-order valence-corrected chi connectivity index (χ3v) is 3.42. The van der Waals surface area contributed by atoms with Gasteiger partial charge in [0.15, 0.2) is 0 Å². The predicted octanol–water partition coefficient (Wildman–Crippen LogP) is 4.34. The van der Waals surface area contributed by atoms with E-state index in [-0.39, 0.29) is 11.9 Å². The van der Waals surface area contributed by atoms with Crippen LogP contribution in [0.15, 0.2) is 16.5 Å². The molecule has 0 unspecified atom stereocenters. The fourth-order valence-corrected chi connectivity index (χ4v) is 2.31. The van der Waals surface area contributed by atoms with E-state index in [1.165, 1.54) is 0 Å². The van der Waals surface area contributed by atoms with E-state index in [9.17, 15) is 4.79 Å². The smallest absolute Gasteiger partial charge is 0.342 e. The number of esters is 1. The Kier molecular flexibility index (Phi) is 5.41. The number of furan rings is 1. The number of fused-ring (bicyclic) bond motifs is 1. The first kappa shape index (κ1) is 16.3. The third kappa shape index (κ3) is 3.40. The molecule has 0 aliphatic rings. The number of pyridine rings is 1. The molecule has 0 aliphatic carbocycles. The molecule has 0 fully saturated rings. The molecule has 0 saturated heterocycles. The molecule has 0 aliphatic heterocycles. The number of rotatable bonds is 7. The Morgan fingerprint density at radius 2 is 2.14 bits per heavy atom. The van der Waals surface area contributed by atoms with Crippen molar-refractivity contribution in [3.63, 3.8) is 0 Å². The summed E-state index contributed by atoms with van der Waals surface area (Å²) < 4.78 is 11.0. The lowest BCUT2D eigenvalue weighted by atomic mass is 10.0. The second-order valence-corrected chi connectivity index (χ2v) is 5.55. The van der Waals surface area contributed by atoms with Gasteiger partial charge in [0.05, 0.1) is 12.0 Å². The maximum absolute atomic E-state index is 12.2. The quantitative estimate of drug-likeness (QED) is 0.609. The van der Waals surface area contributed by atoms with Crippen LogP contribution < -0.4 is 5.32 Å². The number of carbonyl (C=O) groups is 1. The van der Waals surface area contributed by atoms with Gasteiger partial charge in [0.2, 0.25) is 5.71 Å². The van der Waals surface area contributed by atoms with Gasteiger partial charge in [-0.1, -0.05) is 27.2 Å². The van der Waals surface area contributed by atoms with Crippen molar-refractivity contribution in [2.75, 3.05) is 18.5 Å². The molecule has 120 valence electrons. The highest BCUT2D eigenvalue weighted by Crippen LogP contribution is 2.31. The zero-order valence-electron chi connectivity index (χ0n) is 13.7. The Hall–Kier alpha value is -2.04. The average molecular weight is 304 g/mol. The van der Waals surface area contributed by atoms with E-state index >= 15 is 0 Å². The zero-order chi connectivity index (χ0) is 16.1. The number of aromatic nitrogens is 1. The lowest BCUT2D eigenvalue weighted by Crippen LogP contribution is -2.07. The topological polar surface area (TPSA) is 64.4 Å². The number of carbonyl (C=O) groups excluding carboxylic acids is 1. The zero-order valence-corrected chi connectivity index (χ0v) is 13.7. The Labute approximate surface area is 131 Å². The van der Waals surface area contributed by atoms with Gasteiger partial charge in [-0.25, -0.2) is 4.79 Å². The fraction of sp³-hybridized carbons (Fsp3) is 0.529. The summed E-state index contributed by atoms with van der Waals surface area (Å²) in [6.45, 7) is 9.13. The summed E-state index contributed by atoms with van der Waals surface area (Å²) in [6, 6.07) is 3.75. The average Bonchev–Trinajstić information content (AvgIpc) is 2.86. The SMILES string of the molecule is CCCCNc1ccc2c(C(=O)OCC)c(C(C)C)oc2n1. The van der Waals surface area contributed by atoms with Crippen molar-refractivity contribution >= 4 is 22.9 Å². The molecule has 2 heterocycles. The molecular formula is C17H24N2O3. The minimum Gasteiger partial charge on any atom is -0.462 e. The molecule has 0 radical (unpaired) electrons. The molecule has 2 rings (SSSR count). The first-order valence-corrected chi connectivity index (χ1v) is 7.92. The molecule has 5 heteroatoms. The predicted molar refractivity (Wildman–Crippen MR) is 87.5 cm³/mol. The number of unbranched alkanes of at least 4 members (excludes halogenated alkanes) is 1. The number of anilines is 1. The second kappa shape index (κ2) is 7.29. The van der Waals surface area contributed by atoms with Crippen molar-refractivity contribution in [2.24, 2.45) is 0 Å². The van der Waals surface area contributed by atoms with Gasteiger partial charge >= 0.3 is 5.97 Å². The maximum atomic E-state index is 12.2. The summed E-state index contributed by atoms with van der Waals surface area (Å²) in [5, 5.41) is 3.97. The van der Waals surface area contributed by atoms with E-state index in [4.69, 9.17) is 9.15 Å². The van der Waals surface area contributed by atoms with E-state index in [1.54, 1.807) is 6.92 Å². The molecule has 5 nitrogen and oxygen atoms in total. The van der Waals surface area contributed by atoms with Crippen molar-refractivity contribution < 1.29 is 13.9 Å². The van der Waals surface area contributed by atoms with Crippen LogP contribution in [0.3, 0.4) is 0 Å². The molecule has 0 saturated carbocycles. The monoisotopic (exact) mass is 304 g/mol. The van der Waals surface area contributed by atoms with Gasteiger partial charge in [-0.3, -0.25) is 0 Å². The molecule has 0 atom stereocenters. The minimum atomic E-state index is -0.349. The number of ether oxygens (including phenoxy) is 1. The summed E-state index contributed by atoms with van der Waals surface area (Å²) in [5.74, 6) is 1.13. The van der Waals surface area contributed by atoms with Crippen LogP contribution in [0.2, 0.25) is 0 Å². The molecule has 1 N–H and O–H groups in total. The Morgan fingerprint density at radius 3 is 2.77 bits per heavy atom. The highest BCUT2D eigenvalue weighted by atomic mass is 16.5. The van der Waals surface area contributed by atoms with Gasteiger partial charge in [0.1, 0.15) is 17.1 Å². The summed E-state index contributed by atoms with van der Waals surface area (Å²) >= 11 is 0. The van der Waals surface area contributed by atoms with Crippen molar-refractivity contribution in [2.45, 2.75) is 46.5 Å². The standard InChI is InChI=1S/C17H24N2O3/c1-5-7-10-18-13-9-8-12-14(17(20)21-6-2)15(11(3)4)22-16(12)19-13/h8-9,11H,5-7,10H2,1-4H3,(H,18,19). The Bertz CT molecular complexity index is 647. The van der Waals surface area contributed by atoms with Gasteiger partial charge in [-0.2, -0.15) is 4.98 Å². The molecule has 2 aromatic rings. The van der Waals surface area contributed by atoms with E-state index in [0.29, 0.717) is 29.0 Å². The molecular weight excluding hydrogens is 280 g/mol. The maximum Gasteiger partial charge on any atom is 0.342 e. The lowest BCUT2D eigenvalue weighted by Gasteiger charge is -2.05. The first-order chi connectivity index (χ1) is 10.6. The van der Waals surface area contributed by atoms with Crippen LogP contribution in [-0.2, 0) is 4.74 Å². The van der Waals surface area contributed by atoms with Crippen LogP contribution in [0.1, 0.15) is 62.6 Å². The summed E-state index contributed by atoms with van der Waals surface area (Å²) in [6.07, 6.45) is 2.21. The van der Waals surface area contributed by atoms with Gasteiger partial charge in [-0.05, 0) is 25.5 Å². The molecule has 2 aromatic heterocycles. The van der Waals surface area contributed by atoms with Gasteiger partial charge in [-0.15, -0.1) is 0 Å². The van der Waals surface area contributed by atoms with Gasteiger partial charge in [0.25, 0.3) is 0 Å². The summed E-state index contributed by atoms with van der Waals surface area (Å²) in [7, 11) is 0. The van der Waals surface area contributed by atoms with Crippen LogP contribution in [0, 0.1) is 0 Å². The van der Waals surface area contributed by atoms with E-state index < -0.39 is 0 Å². The summed E-state index contributed by atoms with van der Waals surface area (Å²) in [4.78, 5) is 16.7. The number of hydrogen-bond donors (Lipinski definition) is 1. The largest absolute Gasteiger partial charge is 0.462 e. The number of nitrogens with zero attached hydrogens (tertiary/aromatic N) is 1. The number of nitrogens with one attached hydrogen (secondary N) is 1. The lowest BCUT2D eigenvalue weighted by molar-refractivity contribution is 0.0525. The summed E-state index contributed by atoms with van der Waals surface area (Å²) in [5.41, 5.74) is 0.979. The number of hydrogen-bond acceptors (Lipinski definition) is 5. The molecule has 0 amide bonds. The van der Waals surface area contributed by atoms with Crippen molar-refractivity contribution in [3.8, 4) is 0 Å². The van der Waals surface area contributed by atoms with Gasteiger partial charge in [0, 0.05) is 12.5 Å². The molecule has 22 heavy (non-hydrogen) atoms. The van der Waals surface area contributed by atoms with Crippen LogP contribution in [0.5, 0.6) is 0 Å². The first-order valence-electron chi connectivity index (χ1n) is 7.92. The van der Waals surface area contributed by atoms with E-state index in [1.807, 2.05) is 26.0 Å². The van der Waals surface area contributed by atoms with Crippen molar-refractivity contribution in [3.05, 3.63) is 23.5 Å². The molecule has 0 spiro atoms. The van der Waals surface area contributed by atoms with E-state index in [2.05, 4.69) is 17.2 Å². The Balaban J connectivity index is 2.40. The normalized spacial score (nSPS) is 11.1. The van der Waals surface area contributed by atoms with Crippen molar-refractivity contribution in [1.29, 1.82) is 0 Å². The van der Waals surface area contributed by atoms with E-state index in [0.717, 1.165) is 25.2 Å². The van der Waals surface area contributed by atoms with Crippen LogP contribution >= 0.6 is 0 Å². The Morgan fingerprint density at radius 1 is 1.36 bits per heavy atom. The highest BCUT2D eigenvalue weighted by molar-refractivity contribution is 6.04. The fourth-order valence-electron chi connectivity index (χ4n) is 2.31. The van der Waals surface area contributed by atoms with Crippen LogP contribution in [0.25, 0.3) is 11.1 Å². The van der Waals surface area contributed by atoms with Crippen LogP contribution in [-0.4, -0.2) is 24.1 Å². The highest BCUT2D eigenvalue weighted by Gasteiger charge is 2.24. The van der Waals surface area contributed by atoms with Gasteiger partial charge < -0.3 is 14.5 Å². The second-order valence-electron chi connectivity index (χ2n) is 5.55. The minimum absolute atomic E-state index is 0.0881. The van der Waals surface area contributed by atoms with Crippen LogP contribution in [0.4, 0.5) is 5.82 Å². The molecule has 0 aromatic carbocycles.